The molecule has 2 atom stereocenters. The fourth-order valence-electron chi connectivity index (χ4n) is 3.82. The Balaban J connectivity index is 1.98. The SMILES string of the molecule is C/C=C\N=CC(C)c1ccc2c(c1)N=C(CCCCC(=O)O)N(c1ccc(F)cc1)C2OC. The summed E-state index contributed by atoms with van der Waals surface area (Å²) in [6.45, 7) is 4.00. The Morgan fingerprint density at radius 1 is 1.27 bits per heavy atom. The summed E-state index contributed by atoms with van der Waals surface area (Å²) in [6, 6.07) is 12.3. The number of carbonyl (C=O) groups is 1. The van der Waals surface area contributed by atoms with E-state index >= 15 is 0 Å². The zero-order valence-corrected chi connectivity index (χ0v) is 19.2. The monoisotopic (exact) mass is 451 g/mol. The molecule has 7 heteroatoms. The van der Waals surface area contributed by atoms with Gasteiger partial charge in [0.2, 0.25) is 0 Å². The van der Waals surface area contributed by atoms with Crippen LogP contribution in [0.15, 0.2) is 64.7 Å². The molecule has 0 spiro atoms. The maximum absolute atomic E-state index is 13.6. The van der Waals surface area contributed by atoms with Crippen molar-refractivity contribution in [2.45, 2.75) is 51.7 Å². The number of benzene rings is 2. The van der Waals surface area contributed by atoms with Crippen LogP contribution in [0.3, 0.4) is 0 Å². The first-order valence-electron chi connectivity index (χ1n) is 11.1. The molecule has 6 nitrogen and oxygen atoms in total. The number of unbranched alkanes of at least 4 members (excludes halogenated alkanes) is 1. The number of anilines is 1. The van der Waals surface area contributed by atoms with Gasteiger partial charge >= 0.3 is 5.97 Å². The highest BCUT2D eigenvalue weighted by molar-refractivity contribution is 6.01. The van der Waals surface area contributed by atoms with Crippen LogP contribution in [0.1, 0.15) is 62.8 Å². The number of fused-ring (bicyclic) bond motifs is 1. The van der Waals surface area contributed by atoms with Crippen molar-refractivity contribution in [2.24, 2.45) is 9.98 Å². The van der Waals surface area contributed by atoms with Crippen LogP contribution in [0, 0.1) is 5.82 Å². The number of hydrogen-bond acceptors (Lipinski definition) is 5. The van der Waals surface area contributed by atoms with E-state index in [9.17, 15) is 9.18 Å². The Morgan fingerprint density at radius 2 is 2.03 bits per heavy atom. The molecule has 0 aromatic heterocycles. The number of ether oxygens (including phenoxy) is 1. The molecular formula is C26H30FN3O3. The number of amidine groups is 1. The zero-order chi connectivity index (χ0) is 23.8. The maximum Gasteiger partial charge on any atom is 0.303 e. The van der Waals surface area contributed by atoms with Crippen LogP contribution < -0.4 is 4.90 Å². The predicted molar refractivity (Wildman–Crippen MR) is 130 cm³/mol. The highest BCUT2D eigenvalue weighted by atomic mass is 19.1. The summed E-state index contributed by atoms with van der Waals surface area (Å²) in [5.74, 6) is -0.256. The fourth-order valence-corrected chi connectivity index (χ4v) is 3.82. The molecule has 1 heterocycles. The number of aliphatic imine (C=N–C) groups is 2. The van der Waals surface area contributed by atoms with E-state index in [0.29, 0.717) is 19.3 Å². The van der Waals surface area contributed by atoms with Gasteiger partial charge in [-0.05, 0) is 55.7 Å². The van der Waals surface area contributed by atoms with Gasteiger partial charge in [0.05, 0.1) is 5.69 Å². The summed E-state index contributed by atoms with van der Waals surface area (Å²) in [5.41, 5.74) is 3.58. The fraction of sp³-hybridized carbons (Fsp3) is 0.346. The number of hydrogen-bond donors (Lipinski definition) is 1. The number of methoxy groups -OCH3 is 1. The Hall–Kier alpha value is -3.32. The summed E-state index contributed by atoms with van der Waals surface area (Å²) in [6.07, 6.45) is 7.00. The van der Waals surface area contributed by atoms with Gasteiger partial charge < -0.3 is 9.84 Å². The Kier molecular flexibility index (Phi) is 8.49. The molecule has 0 fully saturated rings. The maximum atomic E-state index is 13.6. The van der Waals surface area contributed by atoms with Crippen molar-refractivity contribution in [3.8, 4) is 0 Å². The molecule has 2 aromatic carbocycles. The van der Waals surface area contributed by atoms with Gasteiger partial charge in [-0.25, -0.2) is 9.38 Å². The molecular weight excluding hydrogens is 421 g/mol. The van der Waals surface area contributed by atoms with Crippen LogP contribution in [0.5, 0.6) is 0 Å². The second kappa shape index (κ2) is 11.5. The van der Waals surface area contributed by atoms with Crippen molar-refractivity contribution >= 4 is 29.4 Å². The number of carboxylic acid groups (broad SMARTS) is 1. The Labute approximate surface area is 194 Å². The molecule has 0 saturated heterocycles. The van der Waals surface area contributed by atoms with E-state index in [1.807, 2.05) is 42.3 Å². The quantitative estimate of drug-likeness (QED) is 0.336. The van der Waals surface area contributed by atoms with E-state index in [1.165, 1.54) is 12.1 Å². The lowest BCUT2D eigenvalue weighted by molar-refractivity contribution is -0.137. The molecule has 0 aliphatic carbocycles. The standard InChI is InChI=1S/C26H30FN3O3/c1-4-15-28-17-18(2)19-9-14-22-23(16-19)29-24(7-5-6-8-25(31)32)30(26(22)33-3)21-12-10-20(27)11-13-21/h4,9-18,26H,5-8H2,1-3H3,(H,31,32)/b15-4-,28-17?. The number of rotatable bonds is 10. The number of carboxylic acids is 1. The van der Waals surface area contributed by atoms with Crippen LogP contribution in [-0.2, 0) is 9.53 Å². The number of halogens is 1. The van der Waals surface area contributed by atoms with E-state index in [1.54, 1.807) is 25.4 Å². The molecule has 0 radical (unpaired) electrons. The molecule has 1 N–H and O–H groups in total. The smallest absolute Gasteiger partial charge is 0.303 e. The first-order chi connectivity index (χ1) is 15.9. The van der Waals surface area contributed by atoms with Crippen LogP contribution in [0.2, 0.25) is 0 Å². The van der Waals surface area contributed by atoms with E-state index in [2.05, 4.69) is 11.9 Å². The molecule has 174 valence electrons. The minimum absolute atomic E-state index is 0.108. The minimum atomic E-state index is -0.811. The molecule has 0 saturated carbocycles. The number of allylic oxidation sites excluding steroid dienone is 1. The second-order valence-corrected chi connectivity index (χ2v) is 7.95. The van der Waals surface area contributed by atoms with Crippen molar-refractivity contribution in [3.63, 3.8) is 0 Å². The van der Waals surface area contributed by atoms with Gasteiger partial charge in [0.25, 0.3) is 0 Å². The summed E-state index contributed by atoms with van der Waals surface area (Å²) in [5, 5.41) is 8.97. The van der Waals surface area contributed by atoms with Crippen molar-refractivity contribution in [3.05, 3.63) is 71.7 Å². The van der Waals surface area contributed by atoms with Gasteiger partial charge in [0.15, 0.2) is 6.23 Å². The van der Waals surface area contributed by atoms with Crippen LogP contribution in [0.4, 0.5) is 15.8 Å². The van der Waals surface area contributed by atoms with Gasteiger partial charge in [-0.2, -0.15) is 0 Å². The lowest BCUT2D eigenvalue weighted by atomic mass is 9.97. The zero-order valence-electron chi connectivity index (χ0n) is 19.2. The van der Waals surface area contributed by atoms with Crippen LogP contribution in [0.25, 0.3) is 0 Å². The van der Waals surface area contributed by atoms with Gasteiger partial charge in [0, 0.05) is 49.5 Å². The molecule has 2 aromatic rings. The first-order valence-corrected chi connectivity index (χ1v) is 11.1. The molecule has 33 heavy (non-hydrogen) atoms. The van der Waals surface area contributed by atoms with Gasteiger partial charge in [-0.1, -0.05) is 25.1 Å². The lowest BCUT2D eigenvalue weighted by Crippen LogP contribution is -2.38. The van der Waals surface area contributed by atoms with Crippen LogP contribution in [-0.4, -0.2) is 30.2 Å². The van der Waals surface area contributed by atoms with Crippen molar-refractivity contribution < 1.29 is 19.0 Å². The normalized spacial score (nSPS) is 16.8. The average Bonchev–Trinajstić information content (AvgIpc) is 2.81. The van der Waals surface area contributed by atoms with Crippen LogP contribution >= 0.6 is 0 Å². The molecule has 0 bridgehead atoms. The average molecular weight is 452 g/mol. The first kappa shape index (κ1) is 24.3. The van der Waals surface area contributed by atoms with Crippen molar-refractivity contribution in [2.75, 3.05) is 12.0 Å². The summed E-state index contributed by atoms with van der Waals surface area (Å²) in [7, 11) is 1.64. The Bertz CT molecular complexity index is 1050. The van der Waals surface area contributed by atoms with Gasteiger partial charge in [-0.3, -0.25) is 14.7 Å². The van der Waals surface area contributed by atoms with E-state index in [-0.39, 0.29) is 18.2 Å². The largest absolute Gasteiger partial charge is 0.481 e. The van der Waals surface area contributed by atoms with Crippen molar-refractivity contribution in [1.29, 1.82) is 0 Å². The molecule has 3 rings (SSSR count). The van der Waals surface area contributed by atoms with E-state index in [0.717, 1.165) is 28.3 Å². The second-order valence-electron chi connectivity index (χ2n) is 7.95. The highest BCUT2D eigenvalue weighted by Crippen LogP contribution is 2.40. The number of aliphatic carboxylic acids is 1. The molecule has 1 aliphatic heterocycles. The molecule has 1 aliphatic rings. The topological polar surface area (TPSA) is 74.5 Å². The Morgan fingerprint density at radius 3 is 2.70 bits per heavy atom. The van der Waals surface area contributed by atoms with Gasteiger partial charge in [-0.15, -0.1) is 0 Å². The predicted octanol–water partition coefficient (Wildman–Crippen LogP) is 6.37. The summed E-state index contributed by atoms with van der Waals surface area (Å²) >= 11 is 0. The lowest BCUT2D eigenvalue weighted by Gasteiger charge is -2.37. The minimum Gasteiger partial charge on any atom is -0.481 e. The summed E-state index contributed by atoms with van der Waals surface area (Å²) < 4.78 is 19.5. The van der Waals surface area contributed by atoms with E-state index in [4.69, 9.17) is 14.8 Å². The third-order valence-corrected chi connectivity index (χ3v) is 5.52. The summed E-state index contributed by atoms with van der Waals surface area (Å²) in [4.78, 5) is 22.1. The third-order valence-electron chi connectivity index (χ3n) is 5.52. The molecule has 0 amide bonds. The van der Waals surface area contributed by atoms with E-state index < -0.39 is 12.2 Å². The third kappa shape index (κ3) is 6.14. The number of nitrogens with zero attached hydrogens (tertiary/aromatic N) is 3. The van der Waals surface area contributed by atoms with Crippen molar-refractivity contribution in [1.82, 2.24) is 0 Å². The highest BCUT2D eigenvalue weighted by Gasteiger charge is 2.31. The van der Waals surface area contributed by atoms with Gasteiger partial charge in [0.1, 0.15) is 11.7 Å². The molecule has 2 unspecified atom stereocenters.